The molecule has 6 heteroatoms. The van der Waals surface area contributed by atoms with Crippen molar-refractivity contribution >= 4 is 23.3 Å². The van der Waals surface area contributed by atoms with Gasteiger partial charge in [-0.3, -0.25) is 14.5 Å². The summed E-state index contributed by atoms with van der Waals surface area (Å²) < 4.78 is 2.13. The zero-order valence-electron chi connectivity index (χ0n) is 19.4. The third-order valence-electron chi connectivity index (χ3n) is 6.20. The number of aryl methyl sites for hydroxylation is 1. The number of pyridine rings is 1. The summed E-state index contributed by atoms with van der Waals surface area (Å²) in [6.45, 7) is 8.41. The minimum absolute atomic E-state index is 0.128. The second-order valence-corrected chi connectivity index (χ2v) is 9.43. The fraction of sp³-hybridized carbons (Fsp3) is 0.333. The molecule has 0 unspecified atom stereocenters. The molecule has 1 saturated heterocycles. The molecular weight excluding hydrogens is 430 g/mol. The van der Waals surface area contributed by atoms with Crippen LogP contribution in [0.2, 0.25) is 0 Å². The first-order chi connectivity index (χ1) is 16.1. The number of carbonyl (C=O) groups excluding carboxylic acids is 1. The number of thiophene rings is 1. The van der Waals surface area contributed by atoms with E-state index >= 15 is 0 Å². The van der Waals surface area contributed by atoms with E-state index in [1.54, 1.807) is 17.4 Å². The average molecular weight is 462 g/mol. The van der Waals surface area contributed by atoms with Gasteiger partial charge in [0, 0.05) is 55.1 Å². The molecule has 0 radical (unpaired) electrons. The van der Waals surface area contributed by atoms with Crippen LogP contribution in [0.15, 0.2) is 64.8 Å². The summed E-state index contributed by atoms with van der Waals surface area (Å²) in [4.78, 5) is 31.8. The van der Waals surface area contributed by atoms with E-state index in [4.69, 9.17) is 0 Å². The second kappa shape index (κ2) is 10.8. The van der Waals surface area contributed by atoms with Crippen molar-refractivity contribution in [2.24, 2.45) is 0 Å². The van der Waals surface area contributed by atoms with Crippen molar-refractivity contribution < 1.29 is 4.79 Å². The maximum absolute atomic E-state index is 13.5. The van der Waals surface area contributed by atoms with E-state index < -0.39 is 0 Å². The van der Waals surface area contributed by atoms with Crippen LogP contribution in [-0.4, -0.2) is 53.0 Å². The summed E-state index contributed by atoms with van der Waals surface area (Å²) >= 11 is 1.69. The van der Waals surface area contributed by atoms with Crippen molar-refractivity contribution in [2.45, 2.75) is 26.8 Å². The Hall–Kier alpha value is -2.96. The minimum Gasteiger partial charge on any atom is -0.343 e. The van der Waals surface area contributed by atoms with Gasteiger partial charge in [-0.1, -0.05) is 55.5 Å². The molecule has 1 amide bonds. The summed E-state index contributed by atoms with van der Waals surface area (Å²) in [5, 5.41) is 2.05. The topological polar surface area (TPSA) is 45.6 Å². The standard InChI is InChI=1S/C27H31N3O2S/c1-3-24-26(25(31)19-21(2)30(24)20-23-12-8-18-33-23)27(32)29-16-14-28(15-17-29)13-7-11-22-9-5-4-6-10-22/h4-12,18-19H,3,13-17,20H2,1-2H3/b11-7+. The maximum Gasteiger partial charge on any atom is 0.259 e. The molecule has 5 nitrogen and oxygen atoms in total. The largest absolute Gasteiger partial charge is 0.343 e. The fourth-order valence-corrected chi connectivity index (χ4v) is 5.09. The molecule has 0 saturated carbocycles. The van der Waals surface area contributed by atoms with Crippen molar-refractivity contribution in [2.75, 3.05) is 32.7 Å². The highest BCUT2D eigenvalue weighted by Crippen LogP contribution is 2.18. The van der Waals surface area contributed by atoms with E-state index in [0.29, 0.717) is 31.6 Å². The quantitative estimate of drug-likeness (QED) is 0.527. The highest BCUT2D eigenvalue weighted by Gasteiger charge is 2.27. The lowest BCUT2D eigenvalue weighted by Gasteiger charge is -2.34. The number of carbonyl (C=O) groups is 1. The molecule has 0 atom stereocenters. The first-order valence-electron chi connectivity index (χ1n) is 11.6. The van der Waals surface area contributed by atoms with Crippen molar-refractivity contribution in [1.82, 2.24) is 14.4 Å². The molecule has 0 spiro atoms. The number of piperazine rings is 1. The van der Waals surface area contributed by atoms with Gasteiger partial charge >= 0.3 is 0 Å². The average Bonchev–Trinajstić information content (AvgIpc) is 3.34. The molecule has 1 aromatic carbocycles. The molecular formula is C27H31N3O2S. The highest BCUT2D eigenvalue weighted by atomic mass is 32.1. The Labute approximate surface area is 199 Å². The molecule has 3 aromatic rings. The van der Waals surface area contributed by atoms with Gasteiger partial charge in [0.15, 0.2) is 5.43 Å². The summed E-state index contributed by atoms with van der Waals surface area (Å²) in [5.74, 6) is -0.128. The lowest BCUT2D eigenvalue weighted by molar-refractivity contribution is 0.0646. The SMILES string of the molecule is CCc1c(C(=O)N2CCN(C/C=C/c3ccccc3)CC2)c(=O)cc(C)n1Cc1cccs1. The van der Waals surface area contributed by atoms with Gasteiger partial charge in [0.1, 0.15) is 5.56 Å². The third-order valence-corrected chi connectivity index (χ3v) is 7.06. The number of amides is 1. The number of nitrogens with zero attached hydrogens (tertiary/aromatic N) is 3. The lowest BCUT2D eigenvalue weighted by Crippen LogP contribution is -2.49. The zero-order chi connectivity index (χ0) is 23.2. The van der Waals surface area contributed by atoms with Crippen molar-refractivity contribution in [3.8, 4) is 0 Å². The molecule has 0 bridgehead atoms. The van der Waals surface area contributed by atoms with Crippen LogP contribution in [0.25, 0.3) is 6.08 Å². The van der Waals surface area contributed by atoms with Gasteiger partial charge in [-0.25, -0.2) is 0 Å². The second-order valence-electron chi connectivity index (χ2n) is 8.40. The first kappa shape index (κ1) is 23.2. The third kappa shape index (κ3) is 5.52. The number of rotatable bonds is 7. The molecule has 2 aromatic heterocycles. The molecule has 0 aliphatic carbocycles. The van der Waals surface area contributed by atoms with Crippen LogP contribution in [-0.2, 0) is 13.0 Å². The molecule has 1 aliphatic heterocycles. The molecule has 1 aliphatic rings. The highest BCUT2D eigenvalue weighted by molar-refractivity contribution is 7.09. The lowest BCUT2D eigenvalue weighted by atomic mass is 10.1. The van der Waals surface area contributed by atoms with Crippen LogP contribution < -0.4 is 5.43 Å². The summed E-state index contributed by atoms with van der Waals surface area (Å²) in [6.07, 6.45) is 4.95. The Balaban J connectivity index is 1.45. The Kier molecular flexibility index (Phi) is 7.57. The summed E-state index contributed by atoms with van der Waals surface area (Å²) in [6, 6.07) is 16.0. The molecule has 3 heterocycles. The monoisotopic (exact) mass is 461 g/mol. The number of aromatic nitrogens is 1. The van der Waals surface area contributed by atoms with Crippen LogP contribution in [0.3, 0.4) is 0 Å². The van der Waals surface area contributed by atoms with Gasteiger partial charge in [0.25, 0.3) is 5.91 Å². The predicted octanol–water partition coefficient (Wildman–Crippen LogP) is 4.30. The van der Waals surface area contributed by atoms with Crippen LogP contribution in [0.4, 0.5) is 0 Å². The van der Waals surface area contributed by atoms with Gasteiger partial charge < -0.3 is 9.47 Å². The molecule has 4 rings (SSSR count). The van der Waals surface area contributed by atoms with Gasteiger partial charge in [-0.05, 0) is 30.4 Å². The van der Waals surface area contributed by atoms with E-state index in [0.717, 1.165) is 31.0 Å². The first-order valence-corrected chi connectivity index (χ1v) is 12.4. The molecule has 1 fully saturated rings. The molecule has 33 heavy (non-hydrogen) atoms. The predicted molar refractivity (Wildman–Crippen MR) is 136 cm³/mol. The normalized spacial score (nSPS) is 14.8. The molecule has 172 valence electrons. The van der Waals surface area contributed by atoms with Crippen LogP contribution >= 0.6 is 11.3 Å². The number of hydrogen-bond acceptors (Lipinski definition) is 4. The van der Waals surface area contributed by atoms with Gasteiger partial charge in [-0.15, -0.1) is 11.3 Å². The van der Waals surface area contributed by atoms with E-state index in [2.05, 4.69) is 45.2 Å². The summed E-state index contributed by atoms with van der Waals surface area (Å²) in [7, 11) is 0. The Morgan fingerprint density at radius 1 is 1.06 bits per heavy atom. The van der Waals surface area contributed by atoms with Crippen LogP contribution in [0.5, 0.6) is 0 Å². The smallest absolute Gasteiger partial charge is 0.259 e. The van der Waals surface area contributed by atoms with Crippen molar-refractivity contribution in [1.29, 1.82) is 0 Å². The van der Waals surface area contributed by atoms with E-state index in [-0.39, 0.29) is 11.3 Å². The summed E-state index contributed by atoms with van der Waals surface area (Å²) in [5.41, 5.74) is 3.11. The zero-order valence-corrected chi connectivity index (χ0v) is 20.2. The Morgan fingerprint density at radius 3 is 2.48 bits per heavy atom. The van der Waals surface area contributed by atoms with Gasteiger partial charge in [0.2, 0.25) is 0 Å². The fourth-order valence-electron chi connectivity index (χ4n) is 4.40. The van der Waals surface area contributed by atoms with Gasteiger partial charge in [0.05, 0.1) is 6.54 Å². The van der Waals surface area contributed by atoms with E-state index in [1.807, 2.05) is 43.0 Å². The minimum atomic E-state index is -0.162. The van der Waals surface area contributed by atoms with Crippen molar-refractivity contribution in [3.63, 3.8) is 0 Å². The van der Waals surface area contributed by atoms with Gasteiger partial charge in [-0.2, -0.15) is 0 Å². The van der Waals surface area contributed by atoms with Crippen LogP contribution in [0.1, 0.15) is 39.1 Å². The van der Waals surface area contributed by atoms with E-state index in [9.17, 15) is 9.59 Å². The van der Waals surface area contributed by atoms with Crippen LogP contribution in [0, 0.1) is 6.92 Å². The molecule has 0 N–H and O–H groups in total. The Bertz CT molecular complexity index is 1160. The van der Waals surface area contributed by atoms with Crippen molar-refractivity contribution in [3.05, 3.63) is 97.6 Å². The van der Waals surface area contributed by atoms with E-state index in [1.165, 1.54) is 10.4 Å². The number of benzene rings is 1. The number of hydrogen-bond donors (Lipinski definition) is 0. The maximum atomic E-state index is 13.5. The Morgan fingerprint density at radius 2 is 1.82 bits per heavy atom.